The van der Waals surface area contributed by atoms with Crippen molar-refractivity contribution in [3.05, 3.63) is 71.0 Å². The summed E-state index contributed by atoms with van der Waals surface area (Å²) in [6, 6.07) is 11.0. The quantitative estimate of drug-likeness (QED) is 0.627. The minimum atomic E-state index is -5.01. The number of carbonyl (C=O) groups is 3. The van der Waals surface area contributed by atoms with Crippen molar-refractivity contribution < 1.29 is 27.6 Å². The molecule has 166 valence electrons. The standard InChI is InChI=1S/C23H20F3N3O3/c24-23(25,26)22(32)28-15-6-3-5-14(13-15)21(31)27-11-10-16-17-7-4-9-19(30)20(17)29-12-2-1-8-18(16)29/h1-3,5-6,8,12-13H,4,7,9-11H2,(H,27,31)(H,28,32). The SMILES string of the molecule is O=C(NCCc1c2c(n3ccccc13)C(=O)CCC2)c1cccc(NC(=O)C(F)(F)F)c1. The van der Waals surface area contributed by atoms with Crippen LogP contribution in [0.15, 0.2) is 48.7 Å². The lowest BCUT2D eigenvalue weighted by Crippen LogP contribution is -2.30. The number of hydrogen-bond acceptors (Lipinski definition) is 3. The van der Waals surface area contributed by atoms with Crippen molar-refractivity contribution in [2.45, 2.75) is 31.9 Å². The van der Waals surface area contributed by atoms with E-state index in [0.29, 0.717) is 18.5 Å². The second-order valence-electron chi connectivity index (χ2n) is 7.58. The van der Waals surface area contributed by atoms with Gasteiger partial charge in [-0.25, -0.2) is 0 Å². The number of Topliss-reactive ketones (excluding diaryl/α,β-unsaturated/α-hetero) is 1. The van der Waals surface area contributed by atoms with Gasteiger partial charge in [-0.3, -0.25) is 14.4 Å². The fourth-order valence-electron chi connectivity index (χ4n) is 4.07. The zero-order valence-electron chi connectivity index (χ0n) is 17.0. The molecule has 3 aromatic rings. The Hall–Kier alpha value is -3.62. The van der Waals surface area contributed by atoms with Crippen molar-refractivity contribution >= 4 is 28.8 Å². The van der Waals surface area contributed by atoms with E-state index in [0.717, 1.165) is 29.5 Å². The summed E-state index contributed by atoms with van der Waals surface area (Å²) in [4.78, 5) is 36.1. The van der Waals surface area contributed by atoms with Gasteiger partial charge in [0.2, 0.25) is 0 Å². The van der Waals surface area contributed by atoms with Crippen molar-refractivity contribution in [2.75, 3.05) is 11.9 Å². The van der Waals surface area contributed by atoms with Crippen LogP contribution in [-0.2, 0) is 17.6 Å². The van der Waals surface area contributed by atoms with Gasteiger partial charge in [0.25, 0.3) is 5.91 Å². The van der Waals surface area contributed by atoms with E-state index in [9.17, 15) is 27.6 Å². The molecule has 1 aliphatic carbocycles. The Kier molecular flexibility index (Phi) is 5.73. The van der Waals surface area contributed by atoms with E-state index >= 15 is 0 Å². The molecule has 6 nitrogen and oxygen atoms in total. The smallest absolute Gasteiger partial charge is 0.352 e. The van der Waals surface area contributed by atoms with E-state index in [4.69, 9.17) is 0 Å². The Balaban J connectivity index is 1.46. The zero-order chi connectivity index (χ0) is 22.9. The number of anilines is 1. The molecule has 1 aromatic carbocycles. The molecule has 0 fully saturated rings. The van der Waals surface area contributed by atoms with Crippen LogP contribution >= 0.6 is 0 Å². The number of nitrogens with zero attached hydrogens (tertiary/aromatic N) is 1. The number of benzene rings is 1. The van der Waals surface area contributed by atoms with Gasteiger partial charge in [0.1, 0.15) is 0 Å². The summed E-state index contributed by atoms with van der Waals surface area (Å²) in [7, 11) is 0. The molecule has 9 heteroatoms. The highest BCUT2D eigenvalue weighted by atomic mass is 19.4. The van der Waals surface area contributed by atoms with Crippen molar-refractivity contribution in [1.29, 1.82) is 0 Å². The first kappa shape index (κ1) is 21.6. The van der Waals surface area contributed by atoms with E-state index in [1.54, 1.807) is 5.32 Å². The molecule has 0 bridgehead atoms. The number of alkyl halides is 3. The summed E-state index contributed by atoms with van der Waals surface area (Å²) in [5.41, 5.74) is 3.67. The maximum absolute atomic E-state index is 12.5. The predicted molar refractivity (Wildman–Crippen MR) is 112 cm³/mol. The van der Waals surface area contributed by atoms with E-state index in [-0.39, 0.29) is 23.6 Å². The summed E-state index contributed by atoms with van der Waals surface area (Å²) in [6.45, 7) is 0.285. The zero-order valence-corrected chi connectivity index (χ0v) is 17.0. The maximum atomic E-state index is 12.5. The molecule has 0 aliphatic heterocycles. The van der Waals surface area contributed by atoms with Crippen LogP contribution in [0, 0.1) is 0 Å². The Morgan fingerprint density at radius 3 is 2.66 bits per heavy atom. The van der Waals surface area contributed by atoms with Gasteiger partial charge < -0.3 is 15.0 Å². The van der Waals surface area contributed by atoms with Crippen LogP contribution < -0.4 is 10.6 Å². The monoisotopic (exact) mass is 443 g/mol. The average Bonchev–Trinajstić information content (AvgIpc) is 3.08. The molecule has 2 amide bonds. The lowest BCUT2D eigenvalue weighted by molar-refractivity contribution is -0.167. The molecule has 2 N–H and O–H groups in total. The van der Waals surface area contributed by atoms with E-state index < -0.39 is 18.0 Å². The first-order valence-corrected chi connectivity index (χ1v) is 10.2. The fraction of sp³-hybridized carbons (Fsp3) is 0.261. The van der Waals surface area contributed by atoms with Crippen LogP contribution in [0.4, 0.5) is 18.9 Å². The number of halogens is 3. The van der Waals surface area contributed by atoms with Crippen LogP contribution in [-0.4, -0.2) is 34.7 Å². The molecule has 2 aromatic heterocycles. The van der Waals surface area contributed by atoms with Crippen LogP contribution in [0.3, 0.4) is 0 Å². The molecule has 0 radical (unpaired) electrons. The number of rotatable bonds is 5. The third kappa shape index (κ3) is 4.23. The van der Waals surface area contributed by atoms with Gasteiger partial charge in [0, 0.05) is 35.9 Å². The van der Waals surface area contributed by atoms with Gasteiger partial charge in [-0.05, 0) is 60.7 Å². The van der Waals surface area contributed by atoms with Crippen molar-refractivity contribution in [2.24, 2.45) is 0 Å². The molecule has 0 unspecified atom stereocenters. The van der Waals surface area contributed by atoms with Crippen LogP contribution in [0.5, 0.6) is 0 Å². The van der Waals surface area contributed by atoms with Crippen LogP contribution in [0.1, 0.15) is 44.8 Å². The highest BCUT2D eigenvalue weighted by molar-refractivity contribution is 6.00. The van der Waals surface area contributed by atoms with Gasteiger partial charge in [0.05, 0.1) is 5.69 Å². The van der Waals surface area contributed by atoms with Crippen molar-refractivity contribution in [3.8, 4) is 0 Å². The number of amides is 2. The second-order valence-corrected chi connectivity index (χ2v) is 7.58. The average molecular weight is 443 g/mol. The van der Waals surface area contributed by atoms with Gasteiger partial charge in [-0.15, -0.1) is 0 Å². The van der Waals surface area contributed by atoms with E-state index in [1.807, 2.05) is 28.8 Å². The van der Waals surface area contributed by atoms with E-state index in [1.165, 1.54) is 24.3 Å². The van der Waals surface area contributed by atoms with Crippen molar-refractivity contribution in [3.63, 3.8) is 0 Å². The number of pyridine rings is 1. The molecule has 0 atom stereocenters. The Bertz CT molecular complexity index is 1210. The van der Waals surface area contributed by atoms with Gasteiger partial charge in [-0.1, -0.05) is 12.1 Å². The molecule has 0 saturated heterocycles. The molecule has 0 spiro atoms. The molecule has 32 heavy (non-hydrogen) atoms. The molecule has 1 aliphatic rings. The first-order valence-electron chi connectivity index (χ1n) is 10.2. The van der Waals surface area contributed by atoms with E-state index in [2.05, 4.69) is 5.32 Å². The number of ketones is 1. The molecular formula is C23H20F3N3O3. The van der Waals surface area contributed by atoms with Crippen LogP contribution in [0.2, 0.25) is 0 Å². The molecule has 4 rings (SSSR count). The Labute approximate surface area is 181 Å². The predicted octanol–water partition coefficient (Wildman–Crippen LogP) is 3.93. The van der Waals surface area contributed by atoms with Crippen LogP contribution in [0.25, 0.3) is 5.52 Å². The minimum absolute atomic E-state index is 0.112. The topological polar surface area (TPSA) is 79.7 Å². The third-order valence-corrected chi connectivity index (χ3v) is 5.46. The highest BCUT2D eigenvalue weighted by Gasteiger charge is 2.38. The minimum Gasteiger partial charge on any atom is -0.352 e. The number of aromatic nitrogens is 1. The summed E-state index contributed by atoms with van der Waals surface area (Å²) >= 11 is 0. The van der Waals surface area contributed by atoms with Gasteiger partial charge in [0.15, 0.2) is 5.78 Å². The summed E-state index contributed by atoms with van der Waals surface area (Å²) in [6.07, 6.45) is -0.539. The number of fused-ring (bicyclic) bond motifs is 3. The maximum Gasteiger partial charge on any atom is 0.471 e. The Morgan fingerprint density at radius 1 is 1.06 bits per heavy atom. The summed E-state index contributed by atoms with van der Waals surface area (Å²) in [5.74, 6) is -2.46. The Morgan fingerprint density at radius 2 is 1.88 bits per heavy atom. The number of carbonyl (C=O) groups excluding carboxylic acids is 3. The first-order chi connectivity index (χ1) is 15.3. The largest absolute Gasteiger partial charge is 0.471 e. The summed E-state index contributed by atoms with van der Waals surface area (Å²) < 4.78 is 39.2. The molecule has 2 heterocycles. The highest BCUT2D eigenvalue weighted by Crippen LogP contribution is 2.30. The van der Waals surface area contributed by atoms with Crippen molar-refractivity contribution in [1.82, 2.24) is 9.72 Å². The number of nitrogens with one attached hydrogen (secondary N) is 2. The van der Waals surface area contributed by atoms with Gasteiger partial charge in [-0.2, -0.15) is 13.2 Å². The number of hydrogen-bond donors (Lipinski definition) is 2. The van der Waals surface area contributed by atoms with Gasteiger partial charge >= 0.3 is 12.1 Å². The lowest BCUT2D eigenvalue weighted by atomic mass is 9.92. The molecule has 0 saturated carbocycles. The third-order valence-electron chi connectivity index (χ3n) is 5.46. The fourth-order valence-corrected chi connectivity index (χ4v) is 4.07. The normalized spacial score (nSPS) is 13.7. The second kappa shape index (κ2) is 8.49. The molecular weight excluding hydrogens is 423 g/mol. The lowest BCUT2D eigenvalue weighted by Gasteiger charge is -2.13. The summed E-state index contributed by atoms with van der Waals surface area (Å²) in [5, 5.41) is 4.50.